The third kappa shape index (κ3) is 3.11. The maximum Gasteiger partial charge on any atom is 0.124 e. The van der Waals surface area contributed by atoms with Crippen LogP contribution < -0.4 is 4.74 Å². The molecular weight excluding hydrogens is 291 g/mol. The Hall–Kier alpha value is -1.18. The number of benzene rings is 2. The molecule has 20 heavy (non-hydrogen) atoms. The van der Waals surface area contributed by atoms with Gasteiger partial charge in [0.1, 0.15) is 5.75 Å². The van der Waals surface area contributed by atoms with E-state index >= 15 is 0 Å². The first-order chi connectivity index (χ1) is 9.54. The predicted molar refractivity (Wildman–Crippen MR) is 86.2 cm³/mol. The maximum absolute atomic E-state index is 6.68. The van der Waals surface area contributed by atoms with Crippen molar-refractivity contribution in [3.8, 4) is 5.75 Å². The summed E-state index contributed by atoms with van der Waals surface area (Å²) in [7, 11) is 0. The van der Waals surface area contributed by atoms with E-state index < -0.39 is 0 Å². The molecule has 0 aliphatic carbocycles. The van der Waals surface area contributed by atoms with Crippen LogP contribution in [-0.4, -0.2) is 6.61 Å². The molecule has 1 nitrogen and oxygen atoms in total. The Bertz CT molecular complexity index is 608. The molecule has 0 N–H and O–H groups in total. The van der Waals surface area contributed by atoms with Gasteiger partial charge in [0, 0.05) is 10.6 Å². The van der Waals surface area contributed by atoms with Crippen molar-refractivity contribution in [2.45, 2.75) is 26.1 Å². The first-order valence-electron chi connectivity index (χ1n) is 6.67. The van der Waals surface area contributed by atoms with Crippen molar-refractivity contribution in [2.24, 2.45) is 0 Å². The third-order valence-corrected chi connectivity index (χ3v) is 4.19. The fourth-order valence-electron chi connectivity index (χ4n) is 2.22. The Morgan fingerprint density at radius 3 is 2.45 bits per heavy atom. The highest BCUT2D eigenvalue weighted by Crippen LogP contribution is 2.37. The van der Waals surface area contributed by atoms with Crippen molar-refractivity contribution < 1.29 is 4.74 Å². The lowest BCUT2D eigenvalue weighted by molar-refractivity contribution is 0.337. The van der Waals surface area contributed by atoms with Crippen molar-refractivity contribution in [3.63, 3.8) is 0 Å². The van der Waals surface area contributed by atoms with Gasteiger partial charge in [-0.1, -0.05) is 35.9 Å². The molecule has 0 aromatic heterocycles. The van der Waals surface area contributed by atoms with Crippen LogP contribution in [0.4, 0.5) is 0 Å². The average Bonchev–Trinajstić information content (AvgIpc) is 2.43. The van der Waals surface area contributed by atoms with Gasteiger partial charge in [0.2, 0.25) is 0 Å². The summed E-state index contributed by atoms with van der Waals surface area (Å²) >= 11 is 12.8. The van der Waals surface area contributed by atoms with E-state index in [-0.39, 0.29) is 5.38 Å². The minimum atomic E-state index is -0.242. The summed E-state index contributed by atoms with van der Waals surface area (Å²) in [5.74, 6) is 0.835. The first-order valence-corrected chi connectivity index (χ1v) is 7.48. The number of hydrogen-bond donors (Lipinski definition) is 0. The molecule has 0 aliphatic rings. The lowest BCUT2D eigenvalue weighted by atomic mass is 9.97. The summed E-state index contributed by atoms with van der Waals surface area (Å²) in [5, 5.41) is 0.530. The molecule has 0 heterocycles. The zero-order valence-electron chi connectivity index (χ0n) is 11.9. The molecule has 106 valence electrons. The molecule has 2 aromatic carbocycles. The Labute approximate surface area is 130 Å². The summed E-state index contributed by atoms with van der Waals surface area (Å²) in [6, 6.07) is 11.9. The van der Waals surface area contributed by atoms with Gasteiger partial charge >= 0.3 is 0 Å². The second-order valence-electron chi connectivity index (χ2n) is 4.79. The topological polar surface area (TPSA) is 9.23 Å². The van der Waals surface area contributed by atoms with Crippen LogP contribution >= 0.6 is 23.2 Å². The van der Waals surface area contributed by atoms with Crippen molar-refractivity contribution in [3.05, 3.63) is 63.7 Å². The number of para-hydroxylation sites is 1. The number of halogens is 2. The van der Waals surface area contributed by atoms with Gasteiger partial charge in [0.25, 0.3) is 0 Å². The van der Waals surface area contributed by atoms with E-state index in [1.165, 1.54) is 0 Å². The second-order valence-corrected chi connectivity index (χ2v) is 5.64. The number of ether oxygens (including phenoxy) is 1. The van der Waals surface area contributed by atoms with Crippen LogP contribution in [0.3, 0.4) is 0 Å². The summed E-state index contributed by atoms with van der Waals surface area (Å²) in [6.07, 6.45) is 0. The van der Waals surface area contributed by atoms with Crippen LogP contribution in [0.15, 0.2) is 36.4 Å². The average molecular weight is 309 g/mol. The monoisotopic (exact) mass is 308 g/mol. The van der Waals surface area contributed by atoms with Crippen molar-refractivity contribution >= 4 is 23.2 Å². The molecule has 0 amide bonds. The predicted octanol–water partition coefficient (Wildman–Crippen LogP) is 5.68. The van der Waals surface area contributed by atoms with Crippen molar-refractivity contribution in [1.29, 1.82) is 0 Å². The molecule has 0 saturated carbocycles. The number of alkyl halides is 1. The van der Waals surface area contributed by atoms with Crippen molar-refractivity contribution in [1.82, 2.24) is 0 Å². The maximum atomic E-state index is 6.68. The van der Waals surface area contributed by atoms with Gasteiger partial charge in [0.15, 0.2) is 0 Å². The molecule has 0 spiro atoms. The minimum absolute atomic E-state index is 0.242. The Balaban J connectivity index is 2.46. The molecule has 0 aliphatic heterocycles. The Kier molecular flexibility index (Phi) is 4.95. The van der Waals surface area contributed by atoms with Gasteiger partial charge in [0.05, 0.1) is 12.0 Å². The minimum Gasteiger partial charge on any atom is -0.494 e. The summed E-state index contributed by atoms with van der Waals surface area (Å²) in [5.41, 5.74) is 4.18. The van der Waals surface area contributed by atoms with Gasteiger partial charge in [-0.25, -0.2) is 0 Å². The smallest absolute Gasteiger partial charge is 0.124 e. The zero-order chi connectivity index (χ0) is 14.7. The highest BCUT2D eigenvalue weighted by atomic mass is 35.5. The van der Waals surface area contributed by atoms with Crippen LogP contribution in [0.5, 0.6) is 5.75 Å². The lowest BCUT2D eigenvalue weighted by Gasteiger charge is -2.18. The standard InChI is InChI=1S/C17H18Cl2O/c1-4-20-16-8-6-5-7-13(16)17(19)14-9-12(3)15(18)10-11(14)2/h5-10,17H,4H2,1-3H3. The highest BCUT2D eigenvalue weighted by Gasteiger charge is 2.18. The number of rotatable bonds is 4. The Morgan fingerprint density at radius 1 is 1.05 bits per heavy atom. The number of aryl methyl sites for hydroxylation is 2. The fourth-order valence-corrected chi connectivity index (χ4v) is 2.85. The summed E-state index contributed by atoms with van der Waals surface area (Å²) < 4.78 is 5.66. The van der Waals surface area contributed by atoms with Gasteiger partial charge < -0.3 is 4.74 Å². The molecule has 0 fully saturated rings. The molecule has 0 saturated heterocycles. The van der Waals surface area contributed by atoms with Gasteiger partial charge in [-0.05, 0) is 49.6 Å². The summed E-state index contributed by atoms with van der Waals surface area (Å²) in [4.78, 5) is 0. The van der Waals surface area contributed by atoms with Crippen LogP contribution in [0.1, 0.15) is 34.6 Å². The zero-order valence-corrected chi connectivity index (χ0v) is 13.4. The van der Waals surface area contributed by atoms with Crippen LogP contribution in [0, 0.1) is 13.8 Å². The molecule has 0 radical (unpaired) electrons. The SMILES string of the molecule is CCOc1ccccc1C(Cl)c1cc(C)c(Cl)cc1C. The van der Waals surface area contributed by atoms with E-state index in [0.29, 0.717) is 6.61 Å². The van der Waals surface area contributed by atoms with Crippen LogP contribution in [0.25, 0.3) is 0 Å². The van der Waals surface area contributed by atoms with E-state index in [1.807, 2.05) is 51.1 Å². The largest absolute Gasteiger partial charge is 0.494 e. The van der Waals surface area contributed by atoms with Gasteiger partial charge in [-0.2, -0.15) is 0 Å². The molecule has 2 rings (SSSR count). The van der Waals surface area contributed by atoms with Gasteiger partial charge in [-0.3, -0.25) is 0 Å². The Morgan fingerprint density at radius 2 is 1.75 bits per heavy atom. The molecular formula is C17H18Cl2O. The lowest BCUT2D eigenvalue weighted by Crippen LogP contribution is -2.02. The molecule has 1 unspecified atom stereocenters. The van der Waals surface area contributed by atoms with Gasteiger partial charge in [-0.15, -0.1) is 11.6 Å². The van der Waals surface area contributed by atoms with Crippen LogP contribution in [0.2, 0.25) is 5.02 Å². The number of hydrogen-bond acceptors (Lipinski definition) is 1. The van der Waals surface area contributed by atoms with Crippen LogP contribution in [-0.2, 0) is 0 Å². The molecule has 2 aromatic rings. The fraction of sp³-hybridized carbons (Fsp3) is 0.294. The third-order valence-electron chi connectivity index (χ3n) is 3.31. The van der Waals surface area contributed by atoms with Crippen molar-refractivity contribution in [2.75, 3.05) is 6.61 Å². The molecule has 1 atom stereocenters. The molecule has 3 heteroatoms. The molecule has 0 bridgehead atoms. The highest BCUT2D eigenvalue weighted by molar-refractivity contribution is 6.31. The normalized spacial score (nSPS) is 12.2. The van der Waals surface area contributed by atoms with E-state index in [1.54, 1.807) is 0 Å². The van der Waals surface area contributed by atoms with E-state index in [0.717, 1.165) is 33.0 Å². The first kappa shape index (κ1) is 15.2. The quantitative estimate of drug-likeness (QED) is 0.660. The van der Waals surface area contributed by atoms with E-state index in [4.69, 9.17) is 27.9 Å². The van der Waals surface area contributed by atoms with E-state index in [9.17, 15) is 0 Å². The second kappa shape index (κ2) is 6.51. The summed E-state index contributed by atoms with van der Waals surface area (Å²) in [6.45, 7) is 6.61. The van der Waals surface area contributed by atoms with E-state index in [2.05, 4.69) is 6.07 Å².